The van der Waals surface area contributed by atoms with E-state index in [4.69, 9.17) is 18.0 Å². The highest BCUT2D eigenvalue weighted by Crippen LogP contribution is 2.39. The Morgan fingerprint density at radius 1 is 1.28 bits per heavy atom. The van der Waals surface area contributed by atoms with Crippen molar-refractivity contribution in [1.29, 1.82) is 0 Å². The fraction of sp³-hybridized carbons (Fsp3) is 0.923. The molecular weight excluding hydrogens is 254 g/mol. The minimum Gasteiger partial charge on any atom is -0.392 e. The number of hydrogen-bond acceptors (Lipinski definition) is 2. The van der Waals surface area contributed by atoms with Crippen molar-refractivity contribution in [1.82, 2.24) is 4.90 Å². The van der Waals surface area contributed by atoms with Crippen LogP contribution in [-0.2, 0) is 0 Å². The van der Waals surface area contributed by atoms with Crippen LogP contribution in [0.5, 0.6) is 0 Å². The number of thiocarbonyl (C=S) groups is 1. The van der Waals surface area contributed by atoms with Gasteiger partial charge in [-0.05, 0) is 25.2 Å². The molecule has 2 fully saturated rings. The third-order valence-electron chi connectivity index (χ3n) is 4.20. The van der Waals surface area contributed by atoms with Crippen LogP contribution in [0.4, 0.5) is 8.78 Å². The van der Waals surface area contributed by atoms with E-state index in [1.54, 1.807) is 0 Å². The standard InChI is InChI=1S/C13H22F2N2S/c14-13(15)6-5-10(7-13)8-17(9-12(16)18)11-3-1-2-4-11/h10-11H,1-9H2,(H2,16,18). The summed E-state index contributed by atoms with van der Waals surface area (Å²) in [5, 5.41) is 0. The summed E-state index contributed by atoms with van der Waals surface area (Å²) in [6.07, 6.45) is 5.50. The molecule has 0 aromatic rings. The van der Waals surface area contributed by atoms with E-state index < -0.39 is 5.92 Å². The summed E-state index contributed by atoms with van der Waals surface area (Å²) in [5.74, 6) is -2.34. The summed E-state index contributed by atoms with van der Waals surface area (Å²) < 4.78 is 26.4. The lowest BCUT2D eigenvalue weighted by Gasteiger charge is -2.30. The summed E-state index contributed by atoms with van der Waals surface area (Å²) in [5.41, 5.74) is 5.63. The Balaban J connectivity index is 1.90. The van der Waals surface area contributed by atoms with Crippen molar-refractivity contribution in [2.45, 2.75) is 56.9 Å². The van der Waals surface area contributed by atoms with Gasteiger partial charge in [-0.15, -0.1) is 0 Å². The Labute approximate surface area is 113 Å². The highest BCUT2D eigenvalue weighted by atomic mass is 32.1. The lowest BCUT2D eigenvalue weighted by Crippen LogP contribution is -2.42. The largest absolute Gasteiger partial charge is 0.392 e. The van der Waals surface area contributed by atoms with Crippen molar-refractivity contribution in [3.63, 3.8) is 0 Å². The molecule has 2 saturated carbocycles. The molecule has 2 aliphatic carbocycles. The van der Waals surface area contributed by atoms with Crippen LogP contribution in [0.1, 0.15) is 44.9 Å². The zero-order valence-electron chi connectivity index (χ0n) is 10.7. The van der Waals surface area contributed by atoms with Gasteiger partial charge in [-0.1, -0.05) is 25.1 Å². The van der Waals surface area contributed by atoms with Crippen LogP contribution in [0, 0.1) is 5.92 Å². The van der Waals surface area contributed by atoms with E-state index in [-0.39, 0.29) is 18.8 Å². The molecule has 0 amide bonds. The first-order valence-corrected chi connectivity index (χ1v) is 7.27. The highest BCUT2D eigenvalue weighted by molar-refractivity contribution is 7.80. The molecule has 0 heterocycles. The second-order valence-corrected chi connectivity index (χ2v) is 6.32. The topological polar surface area (TPSA) is 29.3 Å². The van der Waals surface area contributed by atoms with Gasteiger partial charge in [0, 0.05) is 32.0 Å². The maximum atomic E-state index is 13.2. The molecule has 104 valence electrons. The summed E-state index contributed by atoms with van der Waals surface area (Å²) in [4.78, 5) is 2.73. The van der Waals surface area contributed by atoms with E-state index in [0.29, 0.717) is 24.0 Å². The van der Waals surface area contributed by atoms with Crippen LogP contribution in [0.15, 0.2) is 0 Å². The zero-order chi connectivity index (χ0) is 13.2. The predicted molar refractivity (Wildman–Crippen MR) is 72.9 cm³/mol. The van der Waals surface area contributed by atoms with Gasteiger partial charge in [0.25, 0.3) is 0 Å². The van der Waals surface area contributed by atoms with Crippen LogP contribution >= 0.6 is 12.2 Å². The number of rotatable bonds is 5. The minimum atomic E-state index is -2.45. The fourth-order valence-corrected chi connectivity index (χ4v) is 3.51. The third-order valence-corrected chi connectivity index (χ3v) is 4.33. The molecule has 18 heavy (non-hydrogen) atoms. The van der Waals surface area contributed by atoms with E-state index in [9.17, 15) is 8.78 Å². The number of alkyl halides is 2. The van der Waals surface area contributed by atoms with Crippen LogP contribution in [0.25, 0.3) is 0 Å². The average molecular weight is 276 g/mol. The molecule has 0 radical (unpaired) electrons. The van der Waals surface area contributed by atoms with Gasteiger partial charge in [0.05, 0.1) is 4.99 Å². The molecule has 0 aromatic carbocycles. The predicted octanol–water partition coefficient (Wildman–Crippen LogP) is 2.95. The molecule has 0 aliphatic heterocycles. The quantitative estimate of drug-likeness (QED) is 0.783. The van der Waals surface area contributed by atoms with Gasteiger partial charge in [-0.3, -0.25) is 4.90 Å². The van der Waals surface area contributed by atoms with Crippen molar-refractivity contribution in [3.8, 4) is 0 Å². The minimum absolute atomic E-state index is 0.0353. The number of hydrogen-bond donors (Lipinski definition) is 1. The van der Waals surface area contributed by atoms with Gasteiger partial charge in [0.15, 0.2) is 0 Å². The monoisotopic (exact) mass is 276 g/mol. The van der Waals surface area contributed by atoms with Gasteiger partial charge < -0.3 is 5.73 Å². The summed E-state index contributed by atoms with van der Waals surface area (Å²) >= 11 is 4.98. The molecule has 2 rings (SSSR count). The normalized spacial score (nSPS) is 28.1. The molecule has 1 atom stereocenters. The first-order valence-electron chi connectivity index (χ1n) is 6.86. The van der Waals surface area contributed by atoms with E-state index >= 15 is 0 Å². The summed E-state index contributed by atoms with van der Waals surface area (Å²) in [6, 6.07) is 0.501. The number of halogens is 2. The average Bonchev–Trinajstić information content (AvgIpc) is 2.86. The highest BCUT2D eigenvalue weighted by Gasteiger charge is 2.40. The van der Waals surface area contributed by atoms with E-state index in [2.05, 4.69) is 4.90 Å². The first-order chi connectivity index (χ1) is 8.46. The van der Waals surface area contributed by atoms with Crippen molar-refractivity contribution >= 4 is 17.2 Å². The molecule has 2 N–H and O–H groups in total. The third kappa shape index (κ3) is 3.85. The van der Waals surface area contributed by atoms with Crippen molar-refractivity contribution in [2.75, 3.05) is 13.1 Å². The van der Waals surface area contributed by atoms with Crippen molar-refractivity contribution in [2.24, 2.45) is 11.7 Å². The van der Waals surface area contributed by atoms with E-state index in [1.165, 1.54) is 12.8 Å². The fourth-order valence-electron chi connectivity index (χ4n) is 3.34. The molecule has 0 aromatic heterocycles. The maximum Gasteiger partial charge on any atom is 0.248 e. The summed E-state index contributed by atoms with van der Waals surface area (Å²) in [7, 11) is 0. The Kier molecular flexibility index (Phi) is 4.54. The lowest BCUT2D eigenvalue weighted by atomic mass is 10.1. The molecule has 2 nitrogen and oxygen atoms in total. The first kappa shape index (κ1) is 14.1. The van der Waals surface area contributed by atoms with Gasteiger partial charge in [0.2, 0.25) is 5.92 Å². The second-order valence-electron chi connectivity index (χ2n) is 5.80. The molecule has 0 bridgehead atoms. The summed E-state index contributed by atoms with van der Waals surface area (Å²) in [6.45, 7) is 1.32. The Hall–Kier alpha value is -0.290. The molecule has 5 heteroatoms. The molecule has 0 spiro atoms. The van der Waals surface area contributed by atoms with Gasteiger partial charge >= 0.3 is 0 Å². The van der Waals surface area contributed by atoms with Crippen LogP contribution < -0.4 is 5.73 Å². The second kappa shape index (κ2) is 5.78. The van der Waals surface area contributed by atoms with Gasteiger partial charge in [0.1, 0.15) is 0 Å². The van der Waals surface area contributed by atoms with Crippen molar-refractivity contribution < 1.29 is 8.78 Å². The van der Waals surface area contributed by atoms with Crippen LogP contribution in [-0.4, -0.2) is 34.9 Å². The zero-order valence-corrected chi connectivity index (χ0v) is 11.5. The number of nitrogens with zero attached hydrogens (tertiary/aromatic N) is 1. The smallest absolute Gasteiger partial charge is 0.248 e. The lowest BCUT2D eigenvalue weighted by molar-refractivity contribution is 0.00302. The Bertz CT molecular complexity index is 303. The Morgan fingerprint density at radius 3 is 2.44 bits per heavy atom. The molecule has 2 aliphatic rings. The number of nitrogens with two attached hydrogens (primary N) is 1. The van der Waals surface area contributed by atoms with Crippen LogP contribution in [0.3, 0.4) is 0 Å². The maximum absolute atomic E-state index is 13.2. The molecular formula is C13H22F2N2S. The SMILES string of the molecule is NC(=S)CN(CC1CCC(F)(F)C1)C1CCCC1. The Morgan fingerprint density at radius 2 is 1.94 bits per heavy atom. The van der Waals surface area contributed by atoms with Crippen molar-refractivity contribution in [3.05, 3.63) is 0 Å². The van der Waals surface area contributed by atoms with E-state index in [0.717, 1.165) is 19.4 Å². The van der Waals surface area contributed by atoms with Crippen LogP contribution in [0.2, 0.25) is 0 Å². The molecule has 0 saturated heterocycles. The molecule has 1 unspecified atom stereocenters. The van der Waals surface area contributed by atoms with Gasteiger partial charge in [-0.2, -0.15) is 0 Å². The van der Waals surface area contributed by atoms with Gasteiger partial charge in [-0.25, -0.2) is 8.78 Å². The van der Waals surface area contributed by atoms with E-state index in [1.807, 2.05) is 0 Å².